The zero-order chi connectivity index (χ0) is 14.5. The number of carboxylic acid groups (broad SMARTS) is 1. The van der Waals surface area contributed by atoms with Crippen LogP contribution in [-0.2, 0) is 4.79 Å². The number of rotatable bonds is 4. The molecule has 114 valence electrons. The summed E-state index contributed by atoms with van der Waals surface area (Å²) >= 11 is 3.54. The van der Waals surface area contributed by atoms with Gasteiger partial charge in [0.15, 0.2) is 0 Å². The SMILES string of the molecule is CCSC1CCC(NC(=O)N2CCSCC2C(=O)O)C1. The first-order valence-corrected chi connectivity index (χ1v) is 9.31. The molecule has 2 N–H and O–H groups in total. The molecule has 5 nitrogen and oxygen atoms in total. The molecule has 0 aromatic rings. The van der Waals surface area contributed by atoms with Gasteiger partial charge in [0.1, 0.15) is 6.04 Å². The number of hydrogen-bond acceptors (Lipinski definition) is 4. The maximum absolute atomic E-state index is 12.3. The third-order valence-corrected chi connectivity index (χ3v) is 6.04. The molecule has 1 saturated heterocycles. The summed E-state index contributed by atoms with van der Waals surface area (Å²) in [6.45, 7) is 2.67. The van der Waals surface area contributed by atoms with Crippen LogP contribution in [0.2, 0.25) is 0 Å². The predicted octanol–water partition coefficient (Wildman–Crippen LogP) is 1.87. The topological polar surface area (TPSA) is 69.6 Å². The highest BCUT2D eigenvalue weighted by Gasteiger charge is 2.34. The predicted molar refractivity (Wildman–Crippen MR) is 83.5 cm³/mol. The fourth-order valence-corrected chi connectivity index (χ4v) is 4.95. The normalized spacial score (nSPS) is 30.2. The van der Waals surface area contributed by atoms with Gasteiger partial charge in [0.2, 0.25) is 0 Å². The van der Waals surface area contributed by atoms with E-state index in [4.69, 9.17) is 0 Å². The molecule has 0 aromatic heterocycles. The molecule has 3 unspecified atom stereocenters. The number of carbonyl (C=O) groups is 2. The van der Waals surface area contributed by atoms with Crippen LogP contribution in [0.3, 0.4) is 0 Å². The molecule has 0 radical (unpaired) electrons. The first-order valence-electron chi connectivity index (χ1n) is 7.11. The van der Waals surface area contributed by atoms with Crippen LogP contribution in [-0.4, -0.2) is 63.1 Å². The van der Waals surface area contributed by atoms with Crippen LogP contribution >= 0.6 is 23.5 Å². The van der Waals surface area contributed by atoms with E-state index in [0.29, 0.717) is 17.5 Å². The van der Waals surface area contributed by atoms with E-state index < -0.39 is 12.0 Å². The second-order valence-corrected chi connectivity index (χ2v) is 7.89. The molecule has 20 heavy (non-hydrogen) atoms. The Balaban J connectivity index is 1.86. The van der Waals surface area contributed by atoms with Gasteiger partial charge >= 0.3 is 12.0 Å². The van der Waals surface area contributed by atoms with Crippen molar-refractivity contribution in [3.8, 4) is 0 Å². The molecule has 0 bridgehead atoms. The van der Waals surface area contributed by atoms with Crippen molar-refractivity contribution in [3.63, 3.8) is 0 Å². The molecule has 1 saturated carbocycles. The summed E-state index contributed by atoms with van der Waals surface area (Å²) in [5.74, 6) is 1.51. The van der Waals surface area contributed by atoms with E-state index in [-0.39, 0.29) is 12.1 Å². The Labute approximate surface area is 128 Å². The number of aliphatic carboxylic acids is 1. The van der Waals surface area contributed by atoms with E-state index in [9.17, 15) is 14.7 Å². The first-order chi connectivity index (χ1) is 9.61. The standard InChI is InChI=1S/C13H22N2O3S2/c1-2-20-10-4-3-9(7-10)14-13(18)15-5-6-19-8-11(15)12(16)17/h9-11H,2-8H2,1H3,(H,14,18)(H,16,17). The minimum Gasteiger partial charge on any atom is -0.480 e. The second kappa shape index (κ2) is 7.45. The molecule has 2 aliphatic rings. The molecule has 2 rings (SSSR count). The van der Waals surface area contributed by atoms with Crippen LogP contribution in [0.5, 0.6) is 0 Å². The van der Waals surface area contributed by atoms with Crippen molar-refractivity contribution in [1.29, 1.82) is 0 Å². The van der Waals surface area contributed by atoms with Gasteiger partial charge in [-0.15, -0.1) is 0 Å². The Bertz CT molecular complexity index is 368. The minimum absolute atomic E-state index is 0.204. The van der Waals surface area contributed by atoms with Gasteiger partial charge in [0, 0.05) is 29.3 Å². The fourth-order valence-electron chi connectivity index (χ4n) is 2.77. The summed E-state index contributed by atoms with van der Waals surface area (Å²) in [6.07, 6.45) is 3.15. The Morgan fingerprint density at radius 1 is 1.45 bits per heavy atom. The molecule has 3 atom stereocenters. The summed E-state index contributed by atoms with van der Waals surface area (Å²) in [5.41, 5.74) is 0. The summed E-state index contributed by atoms with van der Waals surface area (Å²) in [6, 6.07) is -0.684. The zero-order valence-electron chi connectivity index (χ0n) is 11.7. The maximum atomic E-state index is 12.3. The number of carboxylic acids is 1. The van der Waals surface area contributed by atoms with Crippen LogP contribution in [0, 0.1) is 0 Å². The Morgan fingerprint density at radius 3 is 2.95 bits per heavy atom. The zero-order valence-corrected chi connectivity index (χ0v) is 13.3. The van der Waals surface area contributed by atoms with Gasteiger partial charge in [-0.25, -0.2) is 9.59 Å². The quantitative estimate of drug-likeness (QED) is 0.828. The van der Waals surface area contributed by atoms with Gasteiger partial charge in [0.05, 0.1) is 0 Å². The third kappa shape index (κ3) is 3.97. The van der Waals surface area contributed by atoms with Crippen molar-refractivity contribution in [2.75, 3.05) is 23.8 Å². The lowest BCUT2D eigenvalue weighted by Gasteiger charge is -2.33. The fraction of sp³-hybridized carbons (Fsp3) is 0.846. The monoisotopic (exact) mass is 318 g/mol. The summed E-state index contributed by atoms with van der Waals surface area (Å²) in [5, 5.41) is 12.9. The lowest BCUT2D eigenvalue weighted by Crippen LogP contribution is -2.55. The van der Waals surface area contributed by atoms with Gasteiger partial charge < -0.3 is 15.3 Å². The number of nitrogens with one attached hydrogen (secondary N) is 1. The van der Waals surface area contributed by atoms with Crippen LogP contribution in [0.1, 0.15) is 26.2 Å². The molecule has 2 amide bonds. The van der Waals surface area contributed by atoms with E-state index in [0.717, 1.165) is 30.8 Å². The number of hydrogen-bond donors (Lipinski definition) is 2. The number of amides is 2. The van der Waals surface area contributed by atoms with Crippen molar-refractivity contribution in [2.24, 2.45) is 0 Å². The van der Waals surface area contributed by atoms with Crippen LogP contribution in [0.25, 0.3) is 0 Å². The highest BCUT2D eigenvalue weighted by Crippen LogP contribution is 2.30. The Morgan fingerprint density at radius 2 is 2.25 bits per heavy atom. The molecule has 1 aliphatic heterocycles. The van der Waals surface area contributed by atoms with Crippen LogP contribution < -0.4 is 5.32 Å². The molecule has 7 heteroatoms. The number of nitrogens with zero attached hydrogens (tertiary/aromatic N) is 1. The van der Waals surface area contributed by atoms with Gasteiger partial charge in [-0.2, -0.15) is 23.5 Å². The van der Waals surface area contributed by atoms with Crippen LogP contribution in [0.15, 0.2) is 0 Å². The molecule has 0 aromatic carbocycles. The van der Waals surface area contributed by atoms with Crippen molar-refractivity contribution < 1.29 is 14.7 Å². The van der Waals surface area contributed by atoms with Gasteiger partial charge in [0.25, 0.3) is 0 Å². The molecule has 1 heterocycles. The first kappa shape index (κ1) is 15.8. The minimum atomic E-state index is -0.904. The van der Waals surface area contributed by atoms with E-state index in [1.54, 1.807) is 11.8 Å². The number of thioether (sulfide) groups is 2. The highest BCUT2D eigenvalue weighted by atomic mass is 32.2. The van der Waals surface area contributed by atoms with E-state index in [1.165, 1.54) is 4.90 Å². The van der Waals surface area contributed by atoms with Crippen molar-refractivity contribution in [1.82, 2.24) is 10.2 Å². The highest BCUT2D eigenvalue weighted by molar-refractivity contribution is 7.99. The number of urea groups is 1. The van der Waals surface area contributed by atoms with Gasteiger partial charge in [-0.05, 0) is 25.0 Å². The Kier molecular flexibility index (Phi) is 5.89. The summed E-state index contributed by atoms with van der Waals surface area (Å²) in [7, 11) is 0. The summed E-state index contributed by atoms with van der Waals surface area (Å²) in [4.78, 5) is 25.0. The molecule has 1 aliphatic carbocycles. The van der Waals surface area contributed by atoms with Gasteiger partial charge in [-0.3, -0.25) is 0 Å². The average Bonchev–Trinajstić information content (AvgIpc) is 2.86. The number of carbonyl (C=O) groups excluding carboxylic acids is 1. The van der Waals surface area contributed by atoms with E-state index in [2.05, 4.69) is 12.2 Å². The van der Waals surface area contributed by atoms with E-state index >= 15 is 0 Å². The lowest BCUT2D eigenvalue weighted by molar-refractivity contribution is -0.141. The molecule has 0 spiro atoms. The summed E-state index contributed by atoms with van der Waals surface area (Å²) < 4.78 is 0. The second-order valence-electron chi connectivity index (χ2n) is 5.16. The molecular weight excluding hydrogens is 296 g/mol. The smallest absolute Gasteiger partial charge is 0.327 e. The van der Waals surface area contributed by atoms with Crippen molar-refractivity contribution in [3.05, 3.63) is 0 Å². The lowest BCUT2D eigenvalue weighted by atomic mass is 10.2. The van der Waals surface area contributed by atoms with E-state index in [1.807, 2.05) is 11.8 Å². The largest absolute Gasteiger partial charge is 0.480 e. The Hall–Kier alpha value is -0.560. The maximum Gasteiger partial charge on any atom is 0.327 e. The molecule has 2 fully saturated rings. The van der Waals surface area contributed by atoms with Crippen molar-refractivity contribution in [2.45, 2.75) is 43.5 Å². The van der Waals surface area contributed by atoms with Crippen LogP contribution in [0.4, 0.5) is 4.79 Å². The van der Waals surface area contributed by atoms with Crippen molar-refractivity contribution >= 4 is 35.5 Å². The van der Waals surface area contributed by atoms with Gasteiger partial charge in [-0.1, -0.05) is 6.92 Å². The third-order valence-electron chi connectivity index (χ3n) is 3.79. The molecular formula is C13H22N2O3S2. The average molecular weight is 318 g/mol.